The van der Waals surface area contributed by atoms with Crippen molar-refractivity contribution in [3.8, 4) is 0 Å². The third-order valence-corrected chi connectivity index (χ3v) is 3.15. The molecule has 2 nitrogen and oxygen atoms in total. The fourth-order valence-corrected chi connectivity index (χ4v) is 2.09. The molecule has 2 heteroatoms. The summed E-state index contributed by atoms with van der Waals surface area (Å²) in [5.41, 5.74) is 1.62. The van der Waals surface area contributed by atoms with E-state index in [9.17, 15) is 4.79 Å². The first-order valence-corrected chi connectivity index (χ1v) is 7.44. The van der Waals surface area contributed by atoms with Gasteiger partial charge in [0.1, 0.15) is 0 Å². The first-order valence-electron chi connectivity index (χ1n) is 7.44. The van der Waals surface area contributed by atoms with Crippen LogP contribution in [0.15, 0.2) is 73.1 Å². The van der Waals surface area contributed by atoms with Crippen molar-refractivity contribution in [2.24, 2.45) is 0 Å². The molecular weight excluding hydrogens is 270 g/mol. The molecule has 110 valence electrons. The van der Waals surface area contributed by atoms with Crippen molar-refractivity contribution >= 4 is 22.6 Å². The van der Waals surface area contributed by atoms with Crippen molar-refractivity contribution in [1.29, 1.82) is 0 Å². The lowest BCUT2D eigenvalue weighted by Gasteiger charge is -2.00. The highest BCUT2D eigenvalue weighted by Gasteiger charge is 2.02. The van der Waals surface area contributed by atoms with Crippen molar-refractivity contribution in [2.75, 3.05) is 0 Å². The van der Waals surface area contributed by atoms with Gasteiger partial charge in [0.25, 0.3) is 0 Å². The van der Waals surface area contributed by atoms with Gasteiger partial charge in [-0.1, -0.05) is 56.3 Å². The van der Waals surface area contributed by atoms with Crippen LogP contribution in [0.5, 0.6) is 0 Å². The molecule has 0 fully saturated rings. The Morgan fingerprint density at radius 3 is 2.45 bits per heavy atom. The second kappa shape index (κ2) is 7.89. The molecule has 1 heterocycles. The van der Waals surface area contributed by atoms with E-state index in [2.05, 4.69) is 4.98 Å². The van der Waals surface area contributed by atoms with Gasteiger partial charge in [0.15, 0.2) is 5.78 Å². The Morgan fingerprint density at radius 2 is 1.73 bits per heavy atom. The number of carbonyl (C=O) groups excluding carboxylic acids is 1. The van der Waals surface area contributed by atoms with Gasteiger partial charge in [-0.25, -0.2) is 0 Å². The highest BCUT2D eigenvalue weighted by molar-refractivity contribution is 6.08. The lowest BCUT2D eigenvalue weighted by Crippen LogP contribution is -1.93. The molecule has 0 aliphatic heterocycles. The molecule has 2 aromatic carbocycles. The van der Waals surface area contributed by atoms with Crippen LogP contribution < -0.4 is 0 Å². The molecule has 0 spiro atoms. The van der Waals surface area contributed by atoms with Crippen molar-refractivity contribution in [3.05, 3.63) is 84.2 Å². The first-order chi connectivity index (χ1) is 10.8. The van der Waals surface area contributed by atoms with Crippen LogP contribution in [0.4, 0.5) is 0 Å². The molecule has 0 bridgehead atoms. The Morgan fingerprint density at radius 1 is 0.955 bits per heavy atom. The summed E-state index contributed by atoms with van der Waals surface area (Å²) in [5, 5.41) is 2.22. The average molecular weight is 289 g/mol. The molecule has 0 atom stereocenters. The van der Waals surface area contributed by atoms with Crippen molar-refractivity contribution in [3.63, 3.8) is 0 Å². The van der Waals surface area contributed by atoms with Crippen molar-refractivity contribution in [1.82, 2.24) is 4.98 Å². The number of rotatable bonds is 3. The van der Waals surface area contributed by atoms with Crippen molar-refractivity contribution in [2.45, 2.75) is 13.8 Å². The zero-order chi connectivity index (χ0) is 15.8. The number of ketones is 1. The number of pyridine rings is 1. The Labute approximate surface area is 131 Å². The Balaban J connectivity index is 0.000000847. The lowest BCUT2D eigenvalue weighted by atomic mass is 10.0. The molecule has 0 unspecified atom stereocenters. The first kappa shape index (κ1) is 15.6. The van der Waals surface area contributed by atoms with Crippen LogP contribution in [0.1, 0.15) is 29.8 Å². The number of aromatic nitrogens is 1. The van der Waals surface area contributed by atoms with E-state index in [1.807, 2.05) is 68.4 Å². The van der Waals surface area contributed by atoms with Gasteiger partial charge in [-0.2, -0.15) is 0 Å². The lowest BCUT2D eigenvalue weighted by molar-refractivity contribution is 0.104. The molecule has 0 saturated carbocycles. The molecular formula is C20H19NO. The minimum absolute atomic E-state index is 0.000365. The van der Waals surface area contributed by atoms with Crippen LogP contribution in [0.25, 0.3) is 16.8 Å². The van der Waals surface area contributed by atoms with E-state index >= 15 is 0 Å². The van der Waals surface area contributed by atoms with Crippen LogP contribution in [-0.4, -0.2) is 10.8 Å². The zero-order valence-corrected chi connectivity index (χ0v) is 12.9. The van der Waals surface area contributed by atoms with Crippen LogP contribution in [0, 0.1) is 0 Å². The summed E-state index contributed by atoms with van der Waals surface area (Å²) in [6.45, 7) is 4.00. The summed E-state index contributed by atoms with van der Waals surface area (Å²) >= 11 is 0. The quantitative estimate of drug-likeness (QED) is 0.492. The highest BCUT2D eigenvalue weighted by Crippen LogP contribution is 2.16. The van der Waals surface area contributed by atoms with E-state index in [0.717, 1.165) is 16.3 Å². The monoisotopic (exact) mass is 289 g/mol. The summed E-state index contributed by atoms with van der Waals surface area (Å²) in [6, 6.07) is 17.5. The van der Waals surface area contributed by atoms with Crippen LogP contribution in [0.2, 0.25) is 0 Å². The Kier molecular flexibility index (Phi) is 5.61. The topological polar surface area (TPSA) is 30.0 Å². The number of fused-ring (bicyclic) bond motifs is 1. The second-order valence-corrected chi connectivity index (χ2v) is 4.55. The minimum Gasteiger partial charge on any atom is -0.289 e. The predicted octanol–water partition coefficient (Wildman–Crippen LogP) is 5.16. The summed E-state index contributed by atoms with van der Waals surface area (Å²) in [5.74, 6) is -0.000365. The predicted molar refractivity (Wildman–Crippen MR) is 92.9 cm³/mol. The largest absolute Gasteiger partial charge is 0.289 e. The average Bonchev–Trinajstić information content (AvgIpc) is 2.62. The Bertz CT molecular complexity index is 776. The van der Waals surface area contributed by atoms with Gasteiger partial charge in [0, 0.05) is 18.0 Å². The molecule has 0 radical (unpaired) electrons. The summed E-state index contributed by atoms with van der Waals surface area (Å²) in [6.07, 6.45) is 6.80. The maximum atomic E-state index is 12.2. The molecule has 3 aromatic rings. The van der Waals surface area contributed by atoms with E-state index in [4.69, 9.17) is 0 Å². The number of benzene rings is 2. The maximum Gasteiger partial charge on any atom is 0.185 e. The maximum absolute atomic E-state index is 12.2. The van der Waals surface area contributed by atoms with E-state index < -0.39 is 0 Å². The number of carbonyl (C=O) groups is 1. The van der Waals surface area contributed by atoms with Gasteiger partial charge in [-0.05, 0) is 40.6 Å². The molecule has 0 aliphatic carbocycles. The molecule has 3 rings (SSSR count). The summed E-state index contributed by atoms with van der Waals surface area (Å²) in [7, 11) is 0. The normalized spacial score (nSPS) is 10.3. The van der Waals surface area contributed by atoms with Crippen LogP contribution >= 0.6 is 0 Å². The van der Waals surface area contributed by atoms with Gasteiger partial charge in [-0.3, -0.25) is 9.78 Å². The van der Waals surface area contributed by atoms with E-state index in [1.165, 1.54) is 0 Å². The summed E-state index contributed by atoms with van der Waals surface area (Å²) < 4.78 is 0. The molecule has 0 aliphatic rings. The third-order valence-electron chi connectivity index (χ3n) is 3.15. The van der Waals surface area contributed by atoms with Gasteiger partial charge >= 0.3 is 0 Å². The van der Waals surface area contributed by atoms with E-state index in [1.54, 1.807) is 24.5 Å². The fraction of sp³-hybridized carbons (Fsp3) is 0.100. The number of allylic oxidation sites excluding steroid dienone is 1. The fourth-order valence-electron chi connectivity index (χ4n) is 2.09. The molecule has 0 saturated heterocycles. The molecule has 22 heavy (non-hydrogen) atoms. The van der Waals surface area contributed by atoms with Gasteiger partial charge < -0.3 is 0 Å². The van der Waals surface area contributed by atoms with Crippen LogP contribution in [0.3, 0.4) is 0 Å². The standard InChI is InChI=1S/C18H13NO.C2H6/c20-18(10-7-14-4-3-11-19-13-14)17-9-8-15-5-1-2-6-16(15)12-17;1-2/h1-13H;1-2H3/b10-7+;. The molecule has 1 aromatic heterocycles. The SMILES string of the molecule is CC.O=C(/C=C/c1cccnc1)c1ccc2ccccc2c1. The second-order valence-electron chi connectivity index (χ2n) is 4.55. The Hall–Kier alpha value is -2.74. The number of nitrogens with zero attached hydrogens (tertiary/aromatic N) is 1. The minimum atomic E-state index is -0.000365. The third kappa shape index (κ3) is 3.89. The molecule has 0 amide bonds. The van der Waals surface area contributed by atoms with E-state index in [-0.39, 0.29) is 5.78 Å². The van der Waals surface area contributed by atoms with Crippen molar-refractivity contribution < 1.29 is 4.79 Å². The zero-order valence-electron chi connectivity index (χ0n) is 12.9. The van der Waals surface area contributed by atoms with E-state index in [0.29, 0.717) is 5.56 Å². The highest BCUT2D eigenvalue weighted by atomic mass is 16.1. The molecule has 0 N–H and O–H groups in total. The number of hydrogen-bond acceptors (Lipinski definition) is 2. The van der Waals surface area contributed by atoms with Gasteiger partial charge in [0.05, 0.1) is 0 Å². The summed E-state index contributed by atoms with van der Waals surface area (Å²) in [4.78, 5) is 16.2. The van der Waals surface area contributed by atoms with Gasteiger partial charge in [0.2, 0.25) is 0 Å². The smallest absolute Gasteiger partial charge is 0.185 e. The van der Waals surface area contributed by atoms with Crippen LogP contribution in [-0.2, 0) is 0 Å². The van der Waals surface area contributed by atoms with Gasteiger partial charge in [-0.15, -0.1) is 0 Å². The number of hydrogen-bond donors (Lipinski definition) is 0.